The highest BCUT2D eigenvalue weighted by Crippen LogP contribution is 2.22. The summed E-state index contributed by atoms with van der Waals surface area (Å²) in [5, 5.41) is 11.2. The highest BCUT2D eigenvalue weighted by Gasteiger charge is 2.27. The molecule has 1 aliphatic carbocycles. The van der Waals surface area contributed by atoms with Gasteiger partial charge in [-0.05, 0) is 12.8 Å². The Hall–Kier alpha value is -1.08. The number of carbonyl (C=O) groups excluding carboxylic acids is 1. The maximum atomic E-state index is 11.2. The van der Waals surface area contributed by atoms with E-state index in [0.717, 1.165) is 12.8 Å². The molecule has 1 atom stereocenters. The fourth-order valence-electron chi connectivity index (χ4n) is 1.24. The Kier molecular flexibility index (Phi) is 3.45. The number of rotatable bonds is 6. The number of primary amides is 1. The molecule has 2 rings (SSSR count). The van der Waals surface area contributed by atoms with Gasteiger partial charge in [-0.15, -0.1) is 10.2 Å². The van der Waals surface area contributed by atoms with Crippen LogP contribution in [0.25, 0.3) is 0 Å². The van der Waals surface area contributed by atoms with Gasteiger partial charge < -0.3 is 15.5 Å². The summed E-state index contributed by atoms with van der Waals surface area (Å²) in [6, 6.07) is 0.118. The number of nitrogens with two attached hydrogens (primary N) is 1. The van der Waals surface area contributed by atoms with Crippen molar-refractivity contribution in [3.63, 3.8) is 0 Å². The molecule has 1 unspecified atom stereocenters. The highest BCUT2D eigenvalue weighted by molar-refractivity contribution is 7.99. The van der Waals surface area contributed by atoms with E-state index >= 15 is 0 Å². The van der Waals surface area contributed by atoms with Crippen molar-refractivity contribution in [3.8, 4) is 0 Å². The van der Waals surface area contributed by atoms with Crippen LogP contribution in [-0.4, -0.2) is 33.9 Å². The molecule has 1 aliphatic rings. The van der Waals surface area contributed by atoms with Crippen molar-refractivity contribution in [2.24, 2.45) is 5.73 Å². The lowest BCUT2D eigenvalue weighted by Crippen LogP contribution is -2.44. The summed E-state index contributed by atoms with van der Waals surface area (Å²) in [5.74, 6) is 0.705. The van der Waals surface area contributed by atoms with E-state index in [1.165, 1.54) is 11.8 Å². The van der Waals surface area contributed by atoms with E-state index in [2.05, 4.69) is 15.5 Å². The van der Waals surface area contributed by atoms with Gasteiger partial charge in [-0.1, -0.05) is 11.8 Å². The average molecular weight is 242 g/mol. The van der Waals surface area contributed by atoms with Crippen LogP contribution in [-0.2, 0) is 4.79 Å². The topological polar surface area (TPSA) is 94.0 Å². The van der Waals surface area contributed by atoms with Crippen LogP contribution >= 0.6 is 11.8 Å². The Morgan fingerprint density at radius 2 is 2.44 bits per heavy atom. The molecular formula is C9H14N4O2S. The number of carbonyl (C=O) groups is 1. The third-order valence-corrected chi connectivity index (χ3v) is 3.15. The quantitative estimate of drug-likeness (QED) is 0.686. The number of nitrogens with one attached hydrogen (secondary N) is 1. The lowest BCUT2D eigenvalue weighted by molar-refractivity contribution is -0.119. The smallest absolute Gasteiger partial charge is 0.276 e. The molecule has 6 nitrogen and oxygen atoms in total. The Bertz CT molecular complexity index is 377. The van der Waals surface area contributed by atoms with Crippen LogP contribution in [0.2, 0.25) is 0 Å². The van der Waals surface area contributed by atoms with Gasteiger partial charge in [0.2, 0.25) is 11.8 Å². The minimum Gasteiger partial charge on any atom is -0.416 e. The number of nitrogens with zero attached hydrogens (tertiary/aromatic N) is 2. The van der Waals surface area contributed by atoms with Gasteiger partial charge in [-0.25, -0.2) is 0 Å². The minimum absolute atomic E-state index is 0.329. The minimum atomic E-state index is -0.337. The highest BCUT2D eigenvalue weighted by atomic mass is 32.2. The average Bonchev–Trinajstić information content (AvgIpc) is 2.95. The molecule has 1 aromatic heterocycles. The van der Waals surface area contributed by atoms with Crippen LogP contribution in [0.4, 0.5) is 0 Å². The number of amides is 1. The number of aryl methyl sites for hydroxylation is 1. The molecule has 0 aromatic carbocycles. The van der Waals surface area contributed by atoms with Gasteiger partial charge in [0.25, 0.3) is 5.22 Å². The zero-order valence-corrected chi connectivity index (χ0v) is 9.79. The van der Waals surface area contributed by atoms with Crippen molar-refractivity contribution in [2.45, 2.75) is 37.1 Å². The van der Waals surface area contributed by atoms with Crippen LogP contribution in [0.5, 0.6) is 0 Å². The molecule has 1 heterocycles. The molecule has 0 saturated heterocycles. The van der Waals surface area contributed by atoms with Gasteiger partial charge in [0.1, 0.15) is 0 Å². The predicted octanol–water partition coefficient (Wildman–Crippen LogP) is 0.0760. The van der Waals surface area contributed by atoms with Crippen LogP contribution in [0.15, 0.2) is 9.64 Å². The number of thioether (sulfide) groups is 1. The molecule has 1 amide bonds. The molecule has 88 valence electrons. The Balaban J connectivity index is 1.83. The van der Waals surface area contributed by atoms with Crippen LogP contribution in [0.1, 0.15) is 18.7 Å². The van der Waals surface area contributed by atoms with E-state index in [1.807, 2.05) is 0 Å². The Morgan fingerprint density at radius 1 is 1.69 bits per heavy atom. The summed E-state index contributed by atoms with van der Waals surface area (Å²) in [4.78, 5) is 11.2. The van der Waals surface area contributed by atoms with Crippen LogP contribution < -0.4 is 11.1 Å². The molecule has 1 aromatic rings. The summed E-state index contributed by atoms with van der Waals surface area (Å²) in [6.07, 6.45) is 2.24. The predicted molar refractivity (Wildman–Crippen MR) is 58.9 cm³/mol. The molecule has 3 N–H and O–H groups in total. The van der Waals surface area contributed by atoms with Crippen molar-refractivity contribution < 1.29 is 9.21 Å². The Labute approximate surface area is 97.4 Å². The SMILES string of the molecule is Cc1nnc(SCC(NC2CC2)C(N)=O)o1. The molecule has 0 aliphatic heterocycles. The molecule has 1 fully saturated rings. The third kappa shape index (κ3) is 3.21. The van der Waals surface area contributed by atoms with Crippen molar-refractivity contribution in [1.29, 1.82) is 0 Å². The number of hydrogen-bond acceptors (Lipinski definition) is 6. The maximum absolute atomic E-state index is 11.2. The molecular weight excluding hydrogens is 228 g/mol. The van der Waals surface area contributed by atoms with E-state index in [4.69, 9.17) is 10.2 Å². The van der Waals surface area contributed by atoms with Gasteiger partial charge in [-0.3, -0.25) is 4.79 Å². The summed E-state index contributed by atoms with van der Waals surface area (Å²) >= 11 is 1.34. The summed E-state index contributed by atoms with van der Waals surface area (Å²) in [7, 11) is 0. The van der Waals surface area contributed by atoms with Crippen molar-refractivity contribution in [3.05, 3.63) is 5.89 Å². The van der Waals surface area contributed by atoms with Gasteiger partial charge in [-0.2, -0.15) is 0 Å². The first-order valence-electron chi connectivity index (χ1n) is 5.13. The molecule has 0 bridgehead atoms. The third-order valence-electron chi connectivity index (χ3n) is 2.24. The lowest BCUT2D eigenvalue weighted by Gasteiger charge is -2.12. The van der Waals surface area contributed by atoms with E-state index < -0.39 is 0 Å². The van der Waals surface area contributed by atoms with Crippen molar-refractivity contribution >= 4 is 17.7 Å². The monoisotopic (exact) mass is 242 g/mol. The summed E-state index contributed by atoms with van der Waals surface area (Å²) in [5.41, 5.74) is 5.30. The van der Waals surface area contributed by atoms with Crippen molar-refractivity contribution in [1.82, 2.24) is 15.5 Å². The normalized spacial score (nSPS) is 17.3. The summed E-state index contributed by atoms with van der Waals surface area (Å²) in [6.45, 7) is 1.73. The van der Waals surface area contributed by atoms with E-state index in [0.29, 0.717) is 22.9 Å². The first-order chi connectivity index (χ1) is 7.65. The zero-order chi connectivity index (χ0) is 11.5. The standard InChI is InChI=1S/C9H14N4O2S/c1-5-12-13-9(15-5)16-4-7(8(10)14)11-6-2-3-6/h6-7,11H,2-4H2,1H3,(H2,10,14). The van der Waals surface area contributed by atoms with Gasteiger partial charge >= 0.3 is 0 Å². The summed E-state index contributed by atoms with van der Waals surface area (Å²) < 4.78 is 5.20. The largest absolute Gasteiger partial charge is 0.416 e. The molecule has 1 saturated carbocycles. The number of hydrogen-bond donors (Lipinski definition) is 2. The molecule has 0 radical (unpaired) electrons. The lowest BCUT2D eigenvalue weighted by atomic mass is 10.3. The van der Waals surface area contributed by atoms with E-state index in [-0.39, 0.29) is 11.9 Å². The fraction of sp³-hybridized carbons (Fsp3) is 0.667. The number of aromatic nitrogens is 2. The maximum Gasteiger partial charge on any atom is 0.276 e. The zero-order valence-electron chi connectivity index (χ0n) is 8.97. The van der Waals surface area contributed by atoms with Gasteiger partial charge in [0.15, 0.2) is 0 Å². The van der Waals surface area contributed by atoms with E-state index in [9.17, 15) is 4.79 Å². The second-order valence-corrected chi connectivity index (χ2v) is 4.77. The molecule has 16 heavy (non-hydrogen) atoms. The second-order valence-electron chi connectivity index (χ2n) is 3.79. The molecule has 0 spiro atoms. The first kappa shape index (κ1) is 11.4. The second kappa shape index (κ2) is 4.84. The van der Waals surface area contributed by atoms with Crippen LogP contribution in [0, 0.1) is 6.92 Å². The Morgan fingerprint density at radius 3 is 2.94 bits per heavy atom. The first-order valence-corrected chi connectivity index (χ1v) is 6.12. The van der Waals surface area contributed by atoms with Gasteiger partial charge in [0.05, 0.1) is 6.04 Å². The van der Waals surface area contributed by atoms with Crippen molar-refractivity contribution in [2.75, 3.05) is 5.75 Å². The fourth-order valence-corrected chi connectivity index (χ4v) is 2.09. The molecule has 7 heteroatoms. The van der Waals surface area contributed by atoms with Gasteiger partial charge in [0, 0.05) is 18.7 Å². The van der Waals surface area contributed by atoms with E-state index in [1.54, 1.807) is 6.92 Å². The van der Waals surface area contributed by atoms with Crippen LogP contribution in [0.3, 0.4) is 0 Å².